The van der Waals surface area contributed by atoms with Crippen molar-refractivity contribution in [1.82, 2.24) is 4.98 Å². The van der Waals surface area contributed by atoms with Gasteiger partial charge in [-0.15, -0.1) is 0 Å². The molecule has 3 aromatic carbocycles. The summed E-state index contributed by atoms with van der Waals surface area (Å²) in [5, 5.41) is 3.47. The van der Waals surface area contributed by atoms with E-state index in [2.05, 4.69) is 36.3 Å². The quantitative estimate of drug-likeness (QED) is 0.405. The Hall–Kier alpha value is -3.11. The summed E-state index contributed by atoms with van der Waals surface area (Å²) in [7, 11) is 0. The fourth-order valence-corrected chi connectivity index (χ4v) is 3.27. The number of aromatic nitrogens is 1. The third kappa shape index (κ3) is 4.03. The summed E-state index contributed by atoms with van der Waals surface area (Å²) in [6.45, 7) is 6.20. The van der Waals surface area contributed by atoms with Crippen molar-refractivity contribution >= 4 is 34.3 Å². The number of fused-ring (bicyclic) bond motifs is 1. The maximum atomic E-state index is 12.6. The number of nitrogens with zero attached hydrogens (tertiary/aromatic N) is 1. The molecule has 5 heteroatoms. The summed E-state index contributed by atoms with van der Waals surface area (Å²) >= 11 is 6.13. The molecule has 0 aliphatic rings. The van der Waals surface area contributed by atoms with Gasteiger partial charge in [-0.25, -0.2) is 4.98 Å². The van der Waals surface area contributed by atoms with E-state index >= 15 is 0 Å². The third-order valence-corrected chi connectivity index (χ3v) is 5.29. The Morgan fingerprint density at radius 1 is 1.07 bits per heavy atom. The molecule has 0 bridgehead atoms. The van der Waals surface area contributed by atoms with Crippen LogP contribution in [0.1, 0.15) is 41.3 Å². The molecule has 0 saturated carbocycles. The molecule has 4 rings (SSSR count). The molecular formula is C24H21ClN2O2. The number of hydrogen-bond donors (Lipinski definition) is 1. The summed E-state index contributed by atoms with van der Waals surface area (Å²) in [6, 6.07) is 18.8. The van der Waals surface area contributed by atoms with Crippen LogP contribution >= 0.6 is 11.6 Å². The van der Waals surface area contributed by atoms with Crippen LogP contribution in [-0.2, 0) is 0 Å². The molecular weight excluding hydrogens is 384 g/mol. The Balaban J connectivity index is 1.60. The minimum absolute atomic E-state index is 0.219. The first kappa shape index (κ1) is 19.2. The van der Waals surface area contributed by atoms with Crippen molar-refractivity contribution in [3.63, 3.8) is 0 Å². The lowest BCUT2D eigenvalue weighted by Crippen LogP contribution is -2.11. The minimum Gasteiger partial charge on any atom is -0.436 e. The van der Waals surface area contributed by atoms with Gasteiger partial charge in [-0.1, -0.05) is 43.6 Å². The summed E-state index contributed by atoms with van der Waals surface area (Å²) in [5.41, 5.74) is 5.69. The van der Waals surface area contributed by atoms with E-state index in [1.165, 1.54) is 5.56 Å². The lowest BCUT2D eigenvalue weighted by atomic mass is 10.0. The van der Waals surface area contributed by atoms with Crippen LogP contribution in [0, 0.1) is 6.92 Å². The standard InChI is InChI=1S/C24H21ClN2O2/c1-14(2)16-9-10-22-21(13-16)27-24(29-22)18-5-4-6-19(11-18)26-23(28)17-8-7-15(3)20(25)12-17/h4-14H,1-3H3,(H,26,28). The average Bonchev–Trinajstić information content (AvgIpc) is 3.13. The van der Waals surface area contributed by atoms with Gasteiger partial charge < -0.3 is 9.73 Å². The zero-order valence-corrected chi connectivity index (χ0v) is 17.2. The fraction of sp³-hybridized carbons (Fsp3) is 0.167. The zero-order valence-electron chi connectivity index (χ0n) is 16.5. The molecule has 0 fully saturated rings. The summed E-state index contributed by atoms with van der Waals surface area (Å²) < 4.78 is 5.92. The van der Waals surface area contributed by atoms with Crippen molar-refractivity contribution in [3.05, 3.63) is 82.4 Å². The predicted octanol–water partition coefficient (Wildman–Crippen LogP) is 6.83. The zero-order chi connectivity index (χ0) is 20.5. The highest BCUT2D eigenvalue weighted by Crippen LogP contribution is 2.28. The normalized spacial score (nSPS) is 11.2. The van der Waals surface area contributed by atoms with Gasteiger partial charge in [0.1, 0.15) is 5.52 Å². The Kier molecular flexibility index (Phi) is 5.12. The first-order valence-corrected chi connectivity index (χ1v) is 9.87. The number of rotatable bonds is 4. The predicted molar refractivity (Wildman–Crippen MR) is 118 cm³/mol. The molecule has 0 unspecified atom stereocenters. The summed E-state index contributed by atoms with van der Waals surface area (Å²) in [6.07, 6.45) is 0. The first-order valence-electron chi connectivity index (χ1n) is 9.49. The van der Waals surface area contributed by atoms with E-state index in [0.29, 0.717) is 28.1 Å². The maximum absolute atomic E-state index is 12.6. The Bertz CT molecular complexity index is 1210. The van der Waals surface area contributed by atoms with Crippen molar-refractivity contribution < 1.29 is 9.21 Å². The summed E-state index contributed by atoms with van der Waals surface area (Å²) in [5.74, 6) is 0.729. The van der Waals surface area contributed by atoms with Crippen LogP contribution < -0.4 is 5.32 Å². The van der Waals surface area contributed by atoms with Crippen molar-refractivity contribution in [2.45, 2.75) is 26.7 Å². The molecule has 0 atom stereocenters. The van der Waals surface area contributed by atoms with Gasteiger partial charge >= 0.3 is 0 Å². The second-order valence-corrected chi connectivity index (χ2v) is 7.81. The molecule has 1 aromatic heterocycles. The Labute approximate surface area is 174 Å². The van der Waals surface area contributed by atoms with Crippen LogP contribution in [0.25, 0.3) is 22.6 Å². The van der Waals surface area contributed by atoms with E-state index in [1.807, 2.05) is 43.3 Å². The Morgan fingerprint density at radius 3 is 2.66 bits per heavy atom. The van der Waals surface area contributed by atoms with Gasteiger partial charge in [0.25, 0.3) is 5.91 Å². The van der Waals surface area contributed by atoms with Crippen molar-refractivity contribution in [2.75, 3.05) is 5.32 Å². The van der Waals surface area contributed by atoms with Crippen LogP contribution in [0.3, 0.4) is 0 Å². The topological polar surface area (TPSA) is 55.1 Å². The Morgan fingerprint density at radius 2 is 1.90 bits per heavy atom. The van der Waals surface area contributed by atoms with E-state index < -0.39 is 0 Å². The highest BCUT2D eigenvalue weighted by Gasteiger charge is 2.12. The fourth-order valence-electron chi connectivity index (χ4n) is 3.09. The maximum Gasteiger partial charge on any atom is 0.255 e. The van der Waals surface area contributed by atoms with Crippen molar-refractivity contribution in [2.24, 2.45) is 0 Å². The number of halogens is 1. The molecule has 146 valence electrons. The molecule has 4 nitrogen and oxygen atoms in total. The SMILES string of the molecule is Cc1ccc(C(=O)Nc2cccc(-c3nc4cc(C(C)C)ccc4o3)c2)cc1Cl. The number of hydrogen-bond acceptors (Lipinski definition) is 3. The molecule has 0 spiro atoms. The molecule has 0 radical (unpaired) electrons. The molecule has 1 heterocycles. The van der Waals surface area contributed by atoms with Gasteiger partial charge in [-0.3, -0.25) is 4.79 Å². The van der Waals surface area contributed by atoms with Gasteiger partial charge in [0.15, 0.2) is 5.58 Å². The van der Waals surface area contributed by atoms with Crippen LogP contribution in [0.5, 0.6) is 0 Å². The van der Waals surface area contributed by atoms with Gasteiger partial charge in [0.2, 0.25) is 5.89 Å². The van der Waals surface area contributed by atoms with Crippen molar-refractivity contribution in [3.8, 4) is 11.5 Å². The van der Waals surface area contributed by atoms with Crippen LogP contribution in [0.15, 0.2) is 65.1 Å². The molecule has 29 heavy (non-hydrogen) atoms. The second-order valence-electron chi connectivity index (χ2n) is 7.40. The first-order chi connectivity index (χ1) is 13.9. The number of carbonyl (C=O) groups is 1. The molecule has 0 aliphatic heterocycles. The molecule has 4 aromatic rings. The lowest BCUT2D eigenvalue weighted by Gasteiger charge is -2.07. The van der Waals surface area contributed by atoms with Crippen molar-refractivity contribution in [1.29, 1.82) is 0 Å². The average molecular weight is 405 g/mol. The molecule has 1 N–H and O–H groups in total. The van der Waals surface area contributed by atoms with E-state index in [1.54, 1.807) is 12.1 Å². The highest BCUT2D eigenvalue weighted by atomic mass is 35.5. The summed E-state index contributed by atoms with van der Waals surface area (Å²) in [4.78, 5) is 17.2. The third-order valence-electron chi connectivity index (χ3n) is 4.88. The number of anilines is 1. The van der Waals surface area contributed by atoms with Crippen LogP contribution in [-0.4, -0.2) is 10.9 Å². The number of oxazole rings is 1. The van der Waals surface area contributed by atoms with Crippen LogP contribution in [0.4, 0.5) is 5.69 Å². The molecule has 1 amide bonds. The van der Waals surface area contributed by atoms with Gasteiger partial charge in [0.05, 0.1) is 0 Å². The number of nitrogens with one attached hydrogen (secondary N) is 1. The monoisotopic (exact) mass is 404 g/mol. The second kappa shape index (κ2) is 7.72. The number of benzene rings is 3. The number of amides is 1. The van der Waals surface area contributed by atoms with Gasteiger partial charge in [-0.2, -0.15) is 0 Å². The number of carbonyl (C=O) groups excluding carboxylic acids is 1. The van der Waals surface area contributed by atoms with Gasteiger partial charge in [0, 0.05) is 21.8 Å². The molecule has 0 saturated heterocycles. The number of aryl methyl sites for hydroxylation is 1. The van der Waals surface area contributed by atoms with E-state index in [0.717, 1.165) is 22.2 Å². The highest BCUT2D eigenvalue weighted by molar-refractivity contribution is 6.31. The van der Waals surface area contributed by atoms with E-state index in [4.69, 9.17) is 16.0 Å². The minimum atomic E-state index is -0.219. The smallest absolute Gasteiger partial charge is 0.255 e. The lowest BCUT2D eigenvalue weighted by molar-refractivity contribution is 0.102. The van der Waals surface area contributed by atoms with E-state index in [9.17, 15) is 4.79 Å². The molecule has 0 aliphatic carbocycles. The van der Waals surface area contributed by atoms with E-state index in [-0.39, 0.29) is 5.91 Å². The largest absolute Gasteiger partial charge is 0.436 e. The van der Waals surface area contributed by atoms with Crippen LogP contribution in [0.2, 0.25) is 5.02 Å². The van der Waals surface area contributed by atoms with Gasteiger partial charge in [-0.05, 0) is 66.4 Å².